The Labute approximate surface area is 132 Å². The van der Waals surface area contributed by atoms with Gasteiger partial charge >= 0.3 is 0 Å². The number of hydrogen-bond acceptors (Lipinski definition) is 6. The molecule has 0 bridgehead atoms. The fraction of sp³-hybridized carbons (Fsp3) is 0.750. The van der Waals surface area contributed by atoms with E-state index >= 15 is 0 Å². The van der Waals surface area contributed by atoms with Crippen molar-refractivity contribution in [2.75, 3.05) is 13.1 Å². The Morgan fingerprint density at radius 1 is 0.864 bits per heavy atom. The van der Waals surface area contributed by atoms with E-state index in [9.17, 15) is 0 Å². The Kier molecular flexibility index (Phi) is 4.85. The van der Waals surface area contributed by atoms with Gasteiger partial charge in [-0.2, -0.15) is 10.2 Å². The van der Waals surface area contributed by atoms with Crippen molar-refractivity contribution < 1.29 is 0 Å². The summed E-state index contributed by atoms with van der Waals surface area (Å²) in [6, 6.07) is 0.587. The molecule has 3 rings (SSSR count). The SMILES string of the molecule is CC(=NC1CCCCC1N=C(C)C1=NNCC1)C1=NNCC1. The van der Waals surface area contributed by atoms with Gasteiger partial charge in [-0.25, -0.2) is 0 Å². The van der Waals surface area contributed by atoms with Gasteiger partial charge in [-0.1, -0.05) is 12.8 Å². The second kappa shape index (κ2) is 7.03. The van der Waals surface area contributed by atoms with Gasteiger partial charge in [0.15, 0.2) is 0 Å². The lowest BCUT2D eigenvalue weighted by atomic mass is 9.90. The van der Waals surface area contributed by atoms with Gasteiger partial charge in [0.2, 0.25) is 0 Å². The molecule has 0 aromatic heterocycles. The van der Waals surface area contributed by atoms with Crippen molar-refractivity contribution in [2.24, 2.45) is 20.2 Å². The number of nitrogens with zero attached hydrogens (tertiary/aromatic N) is 4. The minimum atomic E-state index is 0.293. The fourth-order valence-electron chi connectivity index (χ4n) is 3.33. The molecule has 2 atom stereocenters. The van der Waals surface area contributed by atoms with Gasteiger partial charge in [0, 0.05) is 25.9 Å². The van der Waals surface area contributed by atoms with Crippen LogP contribution in [0.4, 0.5) is 0 Å². The van der Waals surface area contributed by atoms with E-state index in [1.165, 1.54) is 12.8 Å². The molecule has 0 amide bonds. The van der Waals surface area contributed by atoms with E-state index in [4.69, 9.17) is 9.98 Å². The van der Waals surface area contributed by atoms with Crippen LogP contribution in [0.3, 0.4) is 0 Å². The lowest BCUT2D eigenvalue weighted by molar-refractivity contribution is 0.389. The van der Waals surface area contributed by atoms with Crippen LogP contribution >= 0.6 is 0 Å². The van der Waals surface area contributed by atoms with Crippen LogP contribution in [-0.2, 0) is 0 Å². The highest BCUT2D eigenvalue weighted by atomic mass is 15.3. The van der Waals surface area contributed by atoms with E-state index in [0.717, 1.165) is 61.6 Å². The Hall–Kier alpha value is -1.72. The van der Waals surface area contributed by atoms with E-state index < -0.39 is 0 Å². The molecular formula is C16H26N6. The first-order valence-corrected chi connectivity index (χ1v) is 8.42. The number of rotatable bonds is 4. The molecule has 1 saturated carbocycles. The van der Waals surface area contributed by atoms with Crippen molar-refractivity contribution in [3.05, 3.63) is 0 Å². The molecule has 2 heterocycles. The van der Waals surface area contributed by atoms with Crippen LogP contribution in [0.2, 0.25) is 0 Å². The molecule has 22 heavy (non-hydrogen) atoms. The zero-order chi connectivity index (χ0) is 15.4. The lowest BCUT2D eigenvalue weighted by Crippen LogP contribution is -2.30. The van der Waals surface area contributed by atoms with E-state index in [0.29, 0.717) is 12.1 Å². The predicted octanol–water partition coefficient (Wildman–Crippen LogP) is 1.92. The summed E-state index contributed by atoms with van der Waals surface area (Å²) in [5.74, 6) is 0. The van der Waals surface area contributed by atoms with Gasteiger partial charge in [0.1, 0.15) is 0 Å². The summed E-state index contributed by atoms with van der Waals surface area (Å²) in [6.45, 7) is 6.03. The molecule has 6 nitrogen and oxygen atoms in total. The third-order valence-corrected chi connectivity index (χ3v) is 4.62. The van der Waals surface area contributed by atoms with Gasteiger partial charge in [0.05, 0.1) is 34.9 Å². The maximum atomic E-state index is 4.96. The highest BCUT2D eigenvalue weighted by molar-refractivity contribution is 6.42. The molecule has 0 saturated heterocycles. The molecule has 1 aliphatic carbocycles. The Morgan fingerprint density at radius 3 is 1.68 bits per heavy atom. The van der Waals surface area contributed by atoms with E-state index in [1.54, 1.807) is 0 Å². The normalized spacial score (nSPS) is 29.7. The Balaban J connectivity index is 1.73. The summed E-state index contributed by atoms with van der Waals surface area (Å²) < 4.78 is 0. The molecule has 0 spiro atoms. The van der Waals surface area contributed by atoms with Crippen LogP contribution < -0.4 is 10.9 Å². The quantitative estimate of drug-likeness (QED) is 0.779. The monoisotopic (exact) mass is 302 g/mol. The fourth-order valence-corrected chi connectivity index (χ4v) is 3.33. The van der Waals surface area contributed by atoms with E-state index in [-0.39, 0.29) is 0 Å². The van der Waals surface area contributed by atoms with Gasteiger partial charge in [-0.3, -0.25) is 9.98 Å². The summed E-state index contributed by atoms with van der Waals surface area (Å²) >= 11 is 0. The van der Waals surface area contributed by atoms with Crippen molar-refractivity contribution in [1.82, 2.24) is 10.9 Å². The molecule has 0 aromatic rings. The summed E-state index contributed by atoms with van der Waals surface area (Å²) in [5, 5.41) is 8.65. The van der Waals surface area contributed by atoms with Gasteiger partial charge in [0.25, 0.3) is 0 Å². The Bertz CT molecular complexity index is 483. The first-order chi connectivity index (χ1) is 10.7. The molecular weight excluding hydrogens is 276 g/mol. The average molecular weight is 302 g/mol. The number of aliphatic imine (C=N–C) groups is 2. The van der Waals surface area contributed by atoms with E-state index in [1.807, 2.05) is 0 Å². The van der Waals surface area contributed by atoms with Crippen molar-refractivity contribution in [3.8, 4) is 0 Å². The van der Waals surface area contributed by atoms with Crippen LogP contribution in [0.25, 0.3) is 0 Å². The van der Waals surface area contributed by atoms with Gasteiger partial charge in [-0.15, -0.1) is 0 Å². The lowest BCUT2D eigenvalue weighted by Gasteiger charge is -2.27. The molecule has 0 aromatic carbocycles. The molecule has 3 aliphatic rings. The first-order valence-electron chi connectivity index (χ1n) is 8.42. The molecule has 120 valence electrons. The van der Waals surface area contributed by atoms with Crippen LogP contribution in [0.1, 0.15) is 52.4 Å². The zero-order valence-electron chi connectivity index (χ0n) is 13.6. The highest BCUT2D eigenvalue weighted by Crippen LogP contribution is 2.25. The molecule has 6 heteroatoms. The largest absolute Gasteiger partial charge is 0.309 e. The van der Waals surface area contributed by atoms with Crippen LogP contribution in [-0.4, -0.2) is 48.0 Å². The summed E-state index contributed by atoms with van der Waals surface area (Å²) in [7, 11) is 0. The van der Waals surface area contributed by atoms with Gasteiger partial charge < -0.3 is 10.9 Å². The minimum Gasteiger partial charge on any atom is -0.309 e. The molecule has 2 aliphatic heterocycles. The molecule has 2 N–H and O–H groups in total. The highest BCUT2D eigenvalue weighted by Gasteiger charge is 2.26. The predicted molar refractivity (Wildman–Crippen MR) is 92.4 cm³/mol. The minimum absolute atomic E-state index is 0.293. The third kappa shape index (κ3) is 3.54. The van der Waals surface area contributed by atoms with Crippen LogP contribution in [0.5, 0.6) is 0 Å². The Morgan fingerprint density at radius 2 is 1.32 bits per heavy atom. The maximum absolute atomic E-state index is 4.96. The molecule has 2 unspecified atom stereocenters. The topological polar surface area (TPSA) is 73.5 Å². The van der Waals surface area contributed by atoms with Crippen molar-refractivity contribution in [3.63, 3.8) is 0 Å². The molecule has 0 radical (unpaired) electrons. The number of hydrazone groups is 2. The third-order valence-electron chi connectivity index (χ3n) is 4.62. The number of nitrogens with one attached hydrogen (secondary N) is 2. The summed E-state index contributed by atoms with van der Waals surface area (Å²) in [6.07, 6.45) is 6.73. The summed E-state index contributed by atoms with van der Waals surface area (Å²) in [4.78, 5) is 9.92. The number of hydrogen-bond donors (Lipinski definition) is 2. The smallest absolute Gasteiger partial charge is 0.0828 e. The zero-order valence-corrected chi connectivity index (χ0v) is 13.6. The van der Waals surface area contributed by atoms with E-state index in [2.05, 4.69) is 34.9 Å². The average Bonchev–Trinajstić information content (AvgIpc) is 3.23. The summed E-state index contributed by atoms with van der Waals surface area (Å²) in [5.41, 5.74) is 10.4. The van der Waals surface area contributed by atoms with Gasteiger partial charge in [-0.05, 0) is 26.7 Å². The standard InChI is InChI=1S/C16H26N6/c1-11(13-7-9-17-21-13)19-15-5-3-4-6-16(15)20-12(2)14-8-10-18-22-14/h15-18H,3-10H2,1-2H3. The molecule has 1 fully saturated rings. The van der Waals surface area contributed by atoms with Crippen molar-refractivity contribution >= 4 is 22.8 Å². The van der Waals surface area contributed by atoms with Crippen LogP contribution in [0, 0.1) is 0 Å². The van der Waals surface area contributed by atoms with Crippen molar-refractivity contribution in [2.45, 2.75) is 64.5 Å². The second-order valence-corrected chi connectivity index (χ2v) is 6.28. The first kappa shape index (κ1) is 15.2. The second-order valence-electron chi connectivity index (χ2n) is 6.28. The van der Waals surface area contributed by atoms with Crippen molar-refractivity contribution in [1.29, 1.82) is 0 Å². The maximum Gasteiger partial charge on any atom is 0.0828 e. The van der Waals surface area contributed by atoms with Crippen LogP contribution in [0.15, 0.2) is 20.2 Å².